The number of rotatable bonds is 5. The van der Waals surface area contributed by atoms with Crippen molar-refractivity contribution >= 4 is 28.9 Å². The number of hydrogen-bond acceptors (Lipinski definition) is 3. The monoisotopic (exact) mass is 348 g/mol. The number of nitrogens with zero attached hydrogens (tertiary/aromatic N) is 2. The number of benzene rings is 2. The van der Waals surface area contributed by atoms with E-state index in [1.165, 1.54) is 12.1 Å². The minimum absolute atomic E-state index is 0.0989. The van der Waals surface area contributed by atoms with E-state index in [4.69, 9.17) is 23.2 Å². The zero-order chi connectivity index (χ0) is 17.0. The summed E-state index contributed by atoms with van der Waals surface area (Å²) in [6.07, 6.45) is 1.30. The minimum atomic E-state index is -0.967. The molecule has 0 aromatic heterocycles. The molecule has 0 heterocycles. The van der Waals surface area contributed by atoms with Crippen LogP contribution in [0.25, 0.3) is 0 Å². The Kier molecular flexibility index (Phi) is 5.25. The van der Waals surface area contributed by atoms with Gasteiger partial charge in [-0.1, -0.05) is 48.7 Å². The summed E-state index contributed by atoms with van der Waals surface area (Å²) in [6.45, 7) is 1.97. The van der Waals surface area contributed by atoms with E-state index in [1.807, 2.05) is 6.92 Å². The molecule has 0 amide bonds. The predicted molar refractivity (Wildman–Crippen MR) is 90.9 cm³/mol. The van der Waals surface area contributed by atoms with Crippen LogP contribution in [0.1, 0.15) is 30.9 Å². The van der Waals surface area contributed by atoms with Crippen LogP contribution in [-0.2, 0) is 5.41 Å². The lowest BCUT2D eigenvalue weighted by molar-refractivity contribution is -0.384. The Morgan fingerprint density at radius 2 is 1.87 bits per heavy atom. The maximum atomic E-state index is 10.9. The molecule has 1 unspecified atom stereocenters. The largest absolute Gasteiger partial charge is 0.270 e. The average Bonchev–Trinajstić information content (AvgIpc) is 2.53. The number of nitro groups is 1. The van der Waals surface area contributed by atoms with E-state index >= 15 is 0 Å². The average molecular weight is 349 g/mol. The Bertz CT molecular complexity index is 769. The quantitative estimate of drug-likeness (QED) is 0.528. The van der Waals surface area contributed by atoms with Crippen LogP contribution in [0.15, 0.2) is 42.5 Å². The van der Waals surface area contributed by atoms with Gasteiger partial charge in [0.25, 0.3) is 5.69 Å². The van der Waals surface area contributed by atoms with Gasteiger partial charge in [0.15, 0.2) is 0 Å². The van der Waals surface area contributed by atoms with Crippen molar-refractivity contribution in [3.8, 4) is 6.07 Å². The Morgan fingerprint density at radius 3 is 2.35 bits per heavy atom. The molecule has 0 aliphatic rings. The lowest BCUT2D eigenvalue weighted by Gasteiger charge is -2.28. The van der Waals surface area contributed by atoms with Gasteiger partial charge in [0.05, 0.1) is 16.0 Å². The Morgan fingerprint density at radius 1 is 1.22 bits per heavy atom. The smallest absolute Gasteiger partial charge is 0.258 e. The van der Waals surface area contributed by atoms with Crippen LogP contribution in [-0.4, -0.2) is 4.92 Å². The molecule has 0 aliphatic heterocycles. The van der Waals surface area contributed by atoms with Gasteiger partial charge in [-0.05, 0) is 35.7 Å². The van der Waals surface area contributed by atoms with Crippen LogP contribution in [0.3, 0.4) is 0 Å². The van der Waals surface area contributed by atoms with E-state index in [2.05, 4.69) is 6.07 Å². The highest BCUT2D eigenvalue weighted by Crippen LogP contribution is 2.41. The standard InChI is InChI=1S/C17H14Cl2N2O2/c1-2-9-17(11-20,12-3-5-13(18)6-4-12)15-8-7-14(21(22)23)10-16(15)19/h3-8,10H,2,9H2,1H3. The number of non-ortho nitro benzene ring substituents is 1. The van der Waals surface area contributed by atoms with Gasteiger partial charge in [0.1, 0.15) is 5.41 Å². The third kappa shape index (κ3) is 3.31. The lowest BCUT2D eigenvalue weighted by atomic mass is 9.72. The second-order valence-corrected chi connectivity index (χ2v) is 6.04. The molecule has 2 rings (SSSR count). The summed E-state index contributed by atoms with van der Waals surface area (Å²) in [5.74, 6) is 0. The highest BCUT2D eigenvalue weighted by molar-refractivity contribution is 6.32. The van der Waals surface area contributed by atoms with Crippen molar-refractivity contribution in [2.45, 2.75) is 25.2 Å². The van der Waals surface area contributed by atoms with E-state index < -0.39 is 10.3 Å². The third-order valence-corrected chi connectivity index (χ3v) is 4.34. The van der Waals surface area contributed by atoms with Crippen molar-refractivity contribution in [1.82, 2.24) is 0 Å². The molecule has 6 heteroatoms. The zero-order valence-corrected chi connectivity index (χ0v) is 13.9. The van der Waals surface area contributed by atoms with E-state index in [-0.39, 0.29) is 10.7 Å². The summed E-state index contributed by atoms with van der Waals surface area (Å²) in [5.41, 5.74) is 0.266. The molecule has 0 fully saturated rings. The first-order chi connectivity index (χ1) is 10.9. The topological polar surface area (TPSA) is 66.9 Å². The molecule has 0 bridgehead atoms. The molecule has 0 N–H and O–H groups in total. The molecule has 1 atom stereocenters. The van der Waals surface area contributed by atoms with Crippen LogP contribution in [0.4, 0.5) is 5.69 Å². The highest BCUT2D eigenvalue weighted by Gasteiger charge is 2.36. The van der Waals surface area contributed by atoms with Gasteiger partial charge in [-0.2, -0.15) is 5.26 Å². The SMILES string of the molecule is CCCC(C#N)(c1ccc(Cl)cc1)c1ccc([N+](=O)[O-])cc1Cl. The molecule has 0 radical (unpaired) electrons. The van der Waals surface area contributed by atoms with Crippen LogP contribution in [0.2, 0.25) is 10.0 Å². The van der Waals surface area contributed by atoms with Gasteiger partial charge < -0.3 is 0 Å². The Labute approximate surface area is 144 Å². The fraction of sp³-hybridized carbons (Fsp3) is 0.235. The highest BCUT2D eigenvalue weighted by atomic mass is 35.5. The second kappa shape index (κ2) is 6.99. The van der Waals surface area contributed by atoms with Crippen molar-refractivity contribution in [3.63, 3.8) is 0 Å². The summed E-state index contributed by atoms with van der Waals surface area (Å²) in [4.78, 5) is 10.4. The fourth-order valence-electron chi connectivity index (χ4n) is 2.69. The van der Waals surface area contributed by atoms with Gasteiger partial charge in [0, 0.05) is 17.2 Å². The summed E-state index contributed by atoms with van der Waals surface area (Å²) >= 11 is 12.2. The van der Waals surface area contributed by atoms with Gasteiger partial charge in [-0.25, -0.2) is 0 Å². The molecular formula is C17H14Cl2N2O2. The second-order valence-electron chi connectivity index (χ2n) is 5.20. The molecule has 4 nitrogen and oxygen atoms in total. The molecule has 0 spiro atoms. The number of nitriles is 1. The minimum Gasteiger partial charge on any atom is -0.258 e. The summed E-state index contributed by atoms with van der Waals surface area (Å²) < 4.78 is 0. The van der Waals surface area contributed by atoms with Gasteiger partial charge in [-0.15, -0.1) is 0 Å². The first kappa shape index (κ1) is 17.3. The lowest BCUT2D eigenvalue weighted by Crippen LogP contribution is -2.26. The van der Waals surface area contributed by atoms with Gasteiger partial charge >= 0.3 is 0 Å². The number of halogens is 2. The Hall–Kier alpha value is -2.09. The molecule has 2 aromatic rings. The van der Waals surface area contributed by atoms with Crippen LogP contribution < -0.4 is 0 Å². The molecule has 2 aromatic carbocycles. The zero-order valence-electron chi connectivity index (χ0n) is 12.4. The maximum absolute atomic E-state index is 10.9. The van der Waals surface area contributed by atoms with Crippen LogP contribution in [0.5, 0.6) is 0 Å². The molecular weight excluding hydrogens is 335 g/mol. The normalized spacial score (nSPS) is 13.1. The van der Waals surface area contributed by atoms with Crippen molar-refractivity contribution < 1.29 is 4.92 Å². The molecule has 118 valence electrons. The number of hydrogen-bond donors (Lipinski definition) is 0. The van der Waals surface area contributed by atoms with Gasteiger partial charge in [-0.3, -0.25) is 10.1 Å². The first-order valence-electron chi connectivity index (χ1n) is 7.06. The summed E-state index contributed by atoms with van der Waals surface area (Å²) in [7, 11) is 0. The van der Waals surface area contributed by atoms with Gasteiger partial charge in [0.2, 0.25) is 0 Å². The molecule has 23 heavy (non-hydrogen) atoms. The van der Waals surface area contributed by atoms with Crippen molar-refractivity contribution in [2.75, 3.05) is 0 Å². The molecule has 0 saturated heterocycles. The van der Waals surface area contributed by atoms with Crippen molar-refractivity contribution in [3.05, 3.63) is 73.8 Å². The van der Waals surface area contributed by atoms with Crippen molar-refractivity contribution in [2.24, 2.45) is 0 Å². The maximum Gasteiger partial charge on any atom is 0.270 e. The van der Waals surface area contributed by atoms with E-state index in [1.54, 1.807) is 30.3 Å². The van der Waals surface area contributed by atoms with Crippen molar-refractivity contribution in [1.29, 1.82) is 5.26 Å². The molecule has 0 saturated carbocycles. The Balaban J connectivity index is 2.66. The van der Waals surface area contributed by atoms with Crippen LogP contribution >= 0.6 is 23.2 Å². The van der Waals surface area contributed by atoms with E-state index in [0.29, 0.717) is 17.0 Å². The predicted octanol–water partition coefficient (Wildman–Crippen LogP) is 5.51. The fourth-order valence-corrected chi connectivity index (χ4v) is 3.15. The summed E-state index contributed by atoms with van der Waals surface area (Å²) in [6, 6.07) is 13.6. The van der Waals surface area contributed by atoms with Crippen LogP contribution in [0, 0.1) is 21.4 Å². The van der Waals surface area contributed by atoms with E-state index in [0.717, 1.165) is 12.0 Å². The summed E-state index contributed by atoms with van der Waals surface area (Å²) in [5, 5.41) is 21.6. The third-order valence-electron chi connectivity index (χ3n) is 3.78. The number of nitro benzene ring substituents is 1. The van der Waals surface area contributed by atoms with E-state index in [9.17, 15) is 15.4 Å². The molecule has 0 aliphatic carbocycles. The first-order valence-corrected chi connectivity index (χ1v) is 7.82.